The van der Waals surface area contributed by atoms with Crippen LogP contribution in [-0.4, -0.2) is 31.8 Å². The van der Waals surface area contributed by atoms with Crippen LogP contribution in [0.3, 0.4) is 0 Å². The van der Waals surface area contributed by atoms with Crippen molar-refractivity contribution in [3.8, 4) is 0 Å². The van der Waals surface area contributed by atoms with Crippen LogP contribution in [-0.2, 0) is 7.05 Å². The van der Waals surface area contributed by atoms with Gasteiger partial charge in [-0.15, -0.1) is 21.5 Å². The minimum atomic E-state index is 0.00482. The van der Waals surface area contributed by atoms with Gasteiger partial charge in [-0.1, -0.05) is 0 Å². The van der Waals surface area contributed by atoms with E-state index in [0.717, 1.165) is 21.9 Å². The number of thiophene rings is 1. The summed E-state index contributed by atoms with van der Waals surface area (Å²) in [4.78, 5) is 9.87. The molecule has 0 bridgehead atoms. The molecule has 0 saturated heterocycles. The first-order valence-electron chi connectivity index (χ1n) is 6.22. The summed E-state index contributed by atoms with van der Waals surface area (Å²) in [6, 6.07) is 2.02. The standard InChI is InChI=1S/C12H15N7S/c1-7(10-18-14-6-19(10)3)15-9-8-4-5-20-11(8)17-12(13-2)16-9/h4-7H,1-3H3,(H2,13,15,16,17). The molecular weight excluding hydrogens is 274 g/mol. The van der Waals surface area contributed by atoms with Crippen LogP contribution in [0.4, 0.5) is 11.8 Å². The number of hydrogen-bond donors (Lipinski definition) is 2. The van der Waals surface area contributed by atoms with Gasteiger partial charge in [-0.2, -0.15) is 4.98 Å². The second kappa shape index (κ2) is 5.04. The maximum atomic E-state index is 4.49. The zero-order chi connectivity index (χ0) is 14.1. The average molecular weight is 289 g/mol. The lowest BCUT2D eigenvalue weighted by atomic mass is 10.3. The van der Waals surface area contributed by atoms with Crippen LogP contribution in [0.2, 0.25) is 0 Å². The molecule has 8 heteroatoms. The first-order valence-corrected chi connectivity index (χ1v) is 7.10. The van der Waals surface area contributed by atoms with Crippen molar-refractivity contribution < 1.29 is 0 Å². The Balaban J connectivity index is 1.97. The van der Waals surface area contributed by atoms with E-state index < -0.39 is 0 Å². The predicted octanol–water partition coefficient (Wildman–Crippen LogP) is 2.03. The third-order valence-electron chi connectivity index (χ3n) is 3.04. The molecule has 0 aromatic carbocycles. The van der Waals surface area contributed by atoms with Gasteiger partial charge in [0.2, 0.25) is 5.95 Å². The van der Waals surface area contributed by atoms with E-state index in [2.05, 4.69) is 30.8 Å². The van der Waals surface area contributed by atoms with Crippen molar-refractivity contribution in [2.45, 2.75) is 13.0 Å². The third-order valence-corrected chi connectivity index (χ3v) is 3.84. The highest BCUT2D eigenvalue weighted by atomic mass is 32.1. The fourth-order valence-electron chi connectivity index (χ4n) is 2.03. The zero-order valence-corrected chi connectivity index (χ0v) is 12.3. The number of hydrogen-bond acceptors (Lipinski definition) is 7. The quantitative estimate of drug-likeness (QED) is 0.765. The van der Waals surface area contributed by atoms with Gasteiger partial charge >= 0.3 is 0 Å². The van der Waals surface area contributed by atoms with E-state index in [1.165, 1.54) is 0 Å². The summed E-state index contributed by atoms with van der Waals surface area (Å²) in [6.07, 6.45) is 1.69. The minimum Gasteiger partial charge on any atom is -0.360 e. The molecule has 2 N–H and O–H groups in total. The average Bonchev–Trinajstić information content (AvgIpc) is 3.06. The van der Waals surface area contributed by atoms with E-state index >= 15 is 0 Å². The molecule has 0 fully saturated rings. The van der Waals surface area contributed by atoms with Gasteiger partial charge in [0.15, 0.2) is 5.82 Å². The van der Waals surface area contributed by atoms with E-state index in [9.17, 15) is 0 Å². The number of aryl methyl sites for hydroxylation is 1. The topological polar surface area (TPSA) is 80.5 Å². The first-order chi connectivity index (χ1) is 9.69. The number of fused-ring (bicyclic) bond motifs is 1. The fraction of sp³-hybridized carbons (Fsp3) is 0.333. The lowest BCUT2D eigenvalue weighted by Gasteiger charge is -2.14. The largest absolute Gasteiger partial charge is 0.360 e. The molecule has 0 saturated carbocycles. The highest BCUT2D eigenvalue weighted by Crippen LogP contribution is 2.28. The Morgan fingerprint density at radius 1 is 1.35 bits per heavy atom. The Kier molecular flexibility index (Phi) is 3.23. The van der Waals surface area contributed by atoms with Crippen LogP contribution in [0.5, 0.6) is 0 Å². The lowest BCUT2D eigenvalue weighted by molar-refractivity contribution is 0.717. The van der Waals surface area contributed by atoms with Crippen LogP contribution < -0.4 is 10.6 Å². The highest BCUT2D eigenvalue weighted by molar-refractivity contribution is 7.16. The molecule has 0 spiro atoms. The van der Waals surface area contributed by atoms with Gasteiger partial charge in [-0.3, -0.25) is 0 Å². The lowest BCUT2D eigenvalue weighted by Crippen LogP contribution is -2.13. The normalized spacial score (nSPS) is 12.6. The van der Waals surface area contributed by atoms with Crippen molar-refractivity contribution in [3.63, 3.8) is 0 Å². The van der Waals surface area contributed by atoms with Crippen LogP contribution in [0.15, 0.2) is 17.8 Å². The molecule has 1 unspecified atom stereocenters. The number of anilines is 2. The van der Waals surface area contributed by atoms with Crippen molar-refractivity contribution in [3.05, 3.63) is 23.6 Å². The molecule has 3 aromatic rings. The molecule has 7 nitrogen and oxygen atoms in total. The molecular formula is C12H15N7S. The van der Waals surface area contributed by atoms with Crippen molar-refractivity contribution >= 4 is 33.3 Å². The van der Waals surface area contributed by atoms with E-state index in [4.69, 9.17) is 0 Å². The molecule has 104 valence electrons. The number of nitrogens with one attached hydrogen (secondary N) is 2. The summed E-state index contributed by atoms with van der Waals surface area (Å²) in [6.45, 7) is 2.03. The summed E-state index contributed by atoms with van der Waals surface area (Å²) in [7, 11) is 3.73. The summed E-state index contributed by atoms with van der Waals surface area (Å²) in [5.41, 5.74) is 0. The second-order valence-corrected chi connectivity index (χ2v) is 5.35. The van der Waals surface area contributed by atoms with Gasteiger partial charge in [0.25, 0.3) is 0 Å². The van der Waals surface area contributed by atoms with E-state index in [1.807, 2.05) is 37.0 Å². The van der Waals surface area contributed by atoms with E-state index in [1.54, 1.807) is 17.7 Å². The van der Waals surface area contributed by atoms with Gasteiger partial charge in [-0.25, -0.2) is 4.98 Å². The van der Waals surface area contributed by atoms with Crippen LogP contribution in [0.25, 0.3) is 10.2 Å². The molecule has 3 aromatic heterocycles. The zero-order valence-electron chi connectivity index (χ0n) is 11.5. The molecule has 0 aliphatic carbocycles. The monoisotopic (exact) mass is 289 g/mol. The first kappa shape index (κ1) is 12.8. The van der Waals surface area contributed by atoms with Crippen molar-refractivity contribution in [2.24, 2.45) is 7.05 Å². The van der Waals surface area contributed by atoms with Gasteiger partial charge in [0.1, 0.15) is 17.0 Å². The summed E-state index contributed by atoms with van der Waals surface area (Å²) < 4.78 is 1.89. The van der Waals surface area contributed by atoms with Crippen molar-refractivity contribution in [1.82, 2.24) is 24.7 Å². The molecule has 3 heterocycles. The van der Waals surface area contributed by atoms with Gasteiger partial charge in [0, 0.05) is 14.1 Å². The maximum Gasteiger partial charge on any atom is 0.225 e. The van der Waals surface area contributed by atoms with Crippen molar-refractivity contribution in [1.29, 1.82) is 0 Å². The molecule has 0 aliphatic rings. The van der Waals surface area contributed by atoms with E-state index in [-0.39, 0.29) is 6.04 Å². The fourth-order valence-corrected chi connectivity index (χ4v) is 2.79. The van der Waals surface area contributed by atoms with Crippen molar-refractivity contribution in [2.75, 3.05) is 17.7 Å². The predicted molar refractivity (Wildman–Crippen MR) is 80.0 cm³/mol. The molecule has 0 amide bonds. The minimum absolute atomic E-state index is 0.00482. The number of rotatable bonds is 4. The Hall–Kier alpha value is -2.22. The SMILES string of the molecule is CNc1nc(NC(C)c2nncn2C)c2ccsc2n1. The van der Waals surface area contributed by atoms with E-state index in [0.29, 0.717) is 5.95 Å². The summed E-state index contributed by atoms with van der Waals surface area (Å²) >= 11 is 1.59. The number of aromatic nitrogens is 5. The van der Waals surface area contributed by atoms with Gasteiger partial charge in [0.05, 0.1) is 11.4 Å². The van der Waals surface area contributed by atoms with Gasteiger partial charge in [-0.05, 0) is 18.4 Å². The van der Waals surface area contributed by atoms with Crippen LogP contribution in [0.1, 0.15) is 18.8 Å². The Morgan fingerprint density at radius 2 is 2.20 bits per heavy atom. The Labute approximate surface area is 120 Å². The number of nitrogens with zero attached hydrogens (tertiary/aromatic N) is 5. The van der Waals surface area contributed by atoms with Gasteiger partial charge < -0.3 is 15.2 Å². The molecule has 0 aliphatic heterocycles. The molecule has 20 heavy (non-hydrogen) atoms. The summed E-state index contributed by atoms with van der Waals surface area (Å²) in [5.74, 6) is 2.27. The third kappa shape index (κ3) is 2.18. The maximum absolute atomic E-state index is 4.49. The molecule has 3 rings (SSSR count). The molecule has 1 atom stereocenters. The second-order valence-electron chi connectivity index (χ2n) is 4.45. The van der Waals surface area contributed by atoms with Crippen LogP contribution in [0, 0.1) is 0 Å². The smallest absolute Gasteiger partial charge is 0.225 e. The van der Waals surface area contributed by atoms with Crippen LogP contribution >= 0.6 is 11.3 Å². The highest BCUT2D eigenvalue weighted by Gasteiger charge is 2.15. The Morgan fingerprint density at radius 3 is 2.90 bits per heavy atom. The summed E-state index contributed by atoms with van der Waals surface area (Å²) in [5, 5.41) is 17.4. The molecule has 0 radical (unpaired) electrons. The Bertz CT molecular complexity index is 732.